The van der Waals surface area contributed by atoms with E-state index in [2.05, 4.69) is 5.32 Å². The summed E-state index contributed by atoms with van der Waals surface area (Å²) in [6.45, 7) is 1.33. The van der Waals surface area contributed by atoms with Gasteiger partial charge in [-0.1, -0.05) is 29.8 Å². The number of nitrogens with one attached hydrogen (secondary N) is 1. The van der Waals surface area contributed by atoms with Gasteiger partial charge in [-0.2, -0.15) is 0 Å². The van der Waals surface area contributed by atoms with Crippen LogP contribution in [-0.2, 0) is 20.7 Å². The molecule has 7 heteroatoms. The van der Waals surface area contributed by atoms with Gasteiger partial charge in [0.2, 0.25) is 0 Å². The van der Waals surface area contributed by atoms with E-state index in [4.69, 9.17) is 16.3 Å². The fourth-order valence-electron chi connectivity index (χ4n) is 1.93. The van der Waals surface area contributed by atoms with E-state index in [1.54, 1.807) is 6.07 Å². The molecule has 1 atom stereocenters. The minimum atomic E-state index is -1.18. The topological polar surface area (TPSA) is 55.4 Å². The second-order valence-corrected chi connectivity index (χ2v) is 5.39. The Morgan fingerprint density at radius 1 is 1.12 bits per heavy atom. The number of carbonyl (C=O) groups is 2. The first-order valence-electron chi connectivity index (χ1n) is 7.06. The van der Waals surface area contributed by atoms with E-state index in [1.807, 2.05) is 0 Å². The summed E-state index contributed by atoms with van der Waals surface area (Å²) in [5.74, 6) is -2.77. The summed E-state index contributed by atoms with van der Waals surface area (Å²) in [6, 6.07) is 9.62. The molecule has 2 aromatic carbocycles. The van der Waals surface area contributed by atoms with Crippen LogP contribution in [0, 0.1) is 11.6 Å². The number of benzene rings is 2. The Bertz CT molecular complexity index is 747. The monoisotopic (exact) mass is 353 g/mol. The number of hydrogen-bond acceptors (Lipinski definition) is 3. The number of ether oxygens (including phenoxy) is 1. The molecule has 4 nitrogen and oxygen atoms in total. The molecule has 0 unspecified atom stereocenters. The molecule has 0 aliphatic carbocycles. The van der Waals surface area contributed by atoms with Gasteiger partial charge in [0.05, 0.1) is 12.1 Å². The van der Waals surface area contributed by atoms with Crippen molar-refractivity contribution in [1.82, 2.24) is 0 Å². The van der Waals surface area contributed by atoms with E-state index < -0.39 is 36.0 Å². The zero-order valence-corrected chi connectivity index (χ0v) is 13.4. The van der Waals surface area contributed by atoms with E-state index in [1.165, 1.54) is 43.3 Å². The van der Waals surface area contributed by atoms with Gasteiger partial charge >= 0.3 is 5.97 Å². The average molecular weight is 354 g/mol. The van der Waals surface area contributed by atoms with E-state index >= 15 is 0 Å². The smallest absolute Gasteiger partial charge is 0.311 e. The maximum atomic E-state index is 13.6. The number of esters is 1. The highest BCUT2D eigenvalue weighted by molar-refractivity contribution is 6.31. The third-order valence-corrected chi connectivity index (χ3v) is 3.55. The largest absolute Gasteiger partial charge is 0.452 e. The molecular formula is C17H14ClF2NO3. The highest BCUT2D eigenvalue weighted by Gasteiger charge is 2.20. The van der Waals surface area contributed by atoms with Gasteiger partial charge < -0.3 is 10.1 Å². The molecule has 0 saturated carbocycles. The van der Waals surface area contributed by atoms with Crippen LogP contribution < -0.4 is 5.32 Å². The molecule has 1 N–H and O–H groups in total. The Morgan fingerprint density at radius 2 is 1.79 bits per heavy atom. The third kappa shape index (κ3) is 4.52. The number of rotatable bonds is 5. The van der Waals surface area contributed by atoms with Crippen LogP contribution in [-0.4, -0.2) is 18.0 Å². The van der Waals surface area contributed by atoms with E-state index in [0.29, 0.717) is 0 Å². The van der Waals surface area contributed by atoms with Crippen LogP contribution in [0.25, 0.3) is 0 Å². The highest BCUT2D eigenvalue weighted by Crippen LogP contribution is 2.20. The molecule has 1 amide bonds. The highest BCUT2D eigenvalue weighted by atomic mass is 35.5. The Hall–Kier alpha value is -2.47. The molecule has 126 valence electrons. The van der Waals surface area contributed by atoms with Gasteiger partial charge in [-0.3, -0.25) is 9.59 Å². The predicted molar refractivity (Wildman–Crippen MR) is 85.7 cm³/mol. The van der Waals surface area contributed by atoms with Crippen LogP contribution in [0.4, 0.5) is 14.5 Å². The first-order chi connectivity index (χ1) is 11.4. The van der Waals surface area contributed by atoms with Crippen LogP contribution in [0.1, 0.15) is 12.5 Å². The summed E-state index contributed by atoms with van der Waals surface area (Å²) >= 11 is 5.83. The minimum Gasteiger partial charge on any atom is -0.452 e. The summed E-state index contributed by atoms with van der Waals surface area (Å²) in [6.07, 6.45) is -1.59. The van der Waals surface area contributed by atoms with Gasteiger partial charge in [0.15, 0.2) is 6.10 Å². The second kappa shape index (κ2) is 7.88. The average Bonchev–Trinajstić information content (AvgIpc) is 2.53. The number of para-hydroxylation sites is 1. The lowest BCUT2D eigenvalue weighted by molar-refractivity contribution is -0.152. The van der Waals surface area contributed by atoms with Crippen molar-refractivity contribution in [2.24, 2.45) is 0 Å². The normalized spacial score (nSPS) is 11.7. The first kappa shape index (κ1) is 17.9. The molecule has 2 rings (SSSR count). The summed E-state index contributed by atoms with van der Waals surface area (Å²) < 4.78 is 32.0. The molecular weight excluding hydrogens is 340 g/mol. The molecule has 0 radical (unpaired) electrons. The number of carbonyl (C=O) groups excluding carboxylic acids is 2. The van der Waals surface area contributed by atoms with Crippen molar-refractivity contribution >= 4 is 29.2 Å². The Kier molecular flexibility index (Phi) is 5.87. The molecule has 2 aromatic rings. The van der Waals surface area contributed by atoms with Crippen LogP contribution in [0.3, 0.4) is 0 Å². The van der Waals surface area contributed by atoms with Gasteiger partial charge in [0.1, 0.15) is 11.6 Å². The fourth-order valence-corrected chi connectivity index (χ4v) is 2.16. The van der Waals surface area contributed by atoms with Gasteiger partial charge in [-0.25, -0.2) is 8.78 Å². The minimum absolute atomic E-state index is 0.00845. The molecule has 24 heavy (non-hydrogen) atoms. The molecule has 0 saturated heterocycles. The van der Waals surface area contributed by atoms with Crippen molar-refractivity contribution in [2.45, 2.75) is 19.4 Å². The number of halogens is 3. The summed E-state index contributed by atoms with van der Waals surface area (Å²) in [5.41, 5.74) is -0.0339. The Balaban J connectivity index is 1.96. The van der Waals surface area contributed by atoms with Crippen molar-refractivity contribution in [3.05, 3.63) is 64.7 Å². The number of anilines is 1. The maximum Gasteiger partial charge on any atom is 0.311 e. The zero-order valence-electron chi connectivity index (χ0n) is 12.7. The van der Waals surface area contributed by atoms with Gasteiger partial charge in [0, 0.05) is 10.6 Å². The Morgan fingerprint density at radius 3 is 2.46 bits per heavy atom. The molecule has 0 fully saturated rings. The van der Waals surface area contributed by atoms with Gasteiger partial charge in [-0.15, -0.1) is 0 Å². The lowest BCUT2D eigenvalue weighted by Gasteiger charge is -2.14. The SMILES string of the molecule is C[C@H](OC(=O)Cc1c(F)cccc1Cl)C(=O)Nc1ccccc1F. The lowest BCUT2D eigenvalue weighted by atomic mass is 10.1. The molecule has 0 aliphatic heterocycles. The molecule has 0 aromatic heterocycles. The summed E-state index contributed by atoms with van der Waals surface area (Å²) in [4.78, 5) is 23.8. The molecule has 0 bridgehead atoms. The van der Waals surface area contributed by atoms with Crippen LogP contribution >= 0.6 is 11.6 Å². The Labute approximate surface area is 142 Å². The van der Waals surface area contributed by atoms with Crippen molar-refractivity contribution < 1.29 is 23.1 Å². The van der Waals surface area contributed by atoms with E-state index in [9.17, 15) is 18.4 Å². The second-order valence-electron chi connectivity index (χ2n) is 4.98. The van der Waals surface area contributed by atoms with Crippen molar-refractivity contribution in [3.63, 3.8) is 0 Å². The van der Waals surface area contributed by atoms with Crippen molar-refractivity contribution in [1.29, 1.82) is 0 Å². The third-order valence-electron chi connectivity index (χ3n) is 3.19. The van der Waals surface area contributed by atoms with E-state index in [-0.39, 0.29) is 16.3 Å². The van der Waals surface area contributed by atoms with Crippen LogP contribution in [0.5, 0.6) is 0 Å². The molecule has 0 aliphatic rings. The van der Waals surface area contributed by atoms with Crippen molar-refractivity contribution in [3.8, 4) is 0 Å². The van der Waals surface area contributed by atoms with Crippen LogP contribution in [0.2, 0.25) is 5.02 Å². The summed E-state index contributed by atoms with van der Waals surface area (Å²) in [5, 5.41) is 2.40. The lowest BCUT2D eigenvalue weighted by Crippen LogP contribution is -2.30. The number of amides is 1. The number of hydrogen-bond donors (Lipinski definition) is 1. The first-order valence-corrected chi connectivity index (χ1v) is 7.44. The predicted octanol–water partition coefficient (Wildman–Crippen LogP) is 3.73. The van der Waals surface area contributed by atoms with Gasteiger partial charge in [0.25, 0.3) is 5.91 Å². The summed E-state index contributed by atoms with van der Waals surface area (Å²) in [7, 11) is 0. The van der Waals surface area contributed by atoms with E-state index in [0.717, 1.165) is 0 Å². The standard InChI is InChI=1S/C17H14ClF2NO3/c1-10(17(23)21-15-8-3-2-6-14(15)20)24-16(22)9-11-12(18)5-4-7-13(11)19/h2-8,10H,9H2,1H3,(H,21,23)/t10-/m0/s1. The zero-order chi connectivity index (χ0) is 17.7. The molecule has 0 heterocycles. The fraction of sp³-hybridized carbons (Fsp3) is 0.176. The van der Waals surface area contributed by atoms with Crippen LogP contribution in [0.15, 0.2) is 42.5 Å². The molecule has 0 spiro atoms. The van der Waals surface area contributed by atoms with Gasteiger partial charge in [-0.05, 0) is 31.2 Å². The maximum absolute atomic E-state index is 13.6. The van der Waals surface area contributed by atoms with Crippen molar-refractivity contribution in [2.75, 3.05) is 5.32 Å². The quantitative estimate of drug-likeness (QED) is 0.833.